The Morgan fingerprint density at radius 2 is 2.14 bits per heavy atom. The lowest BCUT2D eigenvalue weighted by Gasteiger charge is -2.21. The fourth-order valence-electron chi connectivity index (χ4n) is 2.62. The van der Waals surface area contributed by atoms with Crippen LogP contribution in [-0.4, -0.2) is 34.7 Å². The Morgan fingerprint density at radius 3 is 2.86 bits per heavy atom. The number of nitrogens with zero attached hydrogens (tertiary/aromatic N) is 4. The summed E-state index contributed by atoms with van der Waals surface area (Å²) in [6.45, 7) is 2.50. The number of anilines is 1. The van der Waals surface area contributed by atoms with E-state index in [9.17, 15) is 10.4 Å². The van der Waals surface area contributed by atoms with E-state index in [0.29, 0.717) is 17.8 Å². The fourth-order valence-corrected chi connectivity index (χ4v) is 2.62. The highest BCUT2D eigenvalue weighted by molar-refractivity contribution is 5.85. The van der Waals surface area contributed by atoms with Gasteiger partial charge in [-0.1, -0.05) is 12.1 Å². The topological polar surface area (TPSA) is 64.6 Å². The van der Waals surface area contributed by atoms with Crippen LogP contribution in [0.2, 0.25) is 0 Å². The molecule has 0 amide bonds. The number of pyridine rings is 1. The second-order valence-corrected chi connectivity index (χ2v) is 5.08. The first kappa shape index (κ1) is 13.4. The van der Waals surface area contributed by atoms with Gasteiger partial charge in [0.25, 0.3) is 0 Å². The van der Waals surface area contributed by atoms with Gasteiger partial charge < -0.3 is 10.0 Å². The van der Waals surface area contributed by atoms with Crippen LogP contribution in [0.3, 0.4) is 0 Å². The molecule has 1 N–H and O–H groups in total. The number of fused-ring (bicyclic) bond motifs is 3. The zero-order valence-corrected chi connectivity index (χ0v) is 12.0. The number of hydrogen-bond acceptors (Lipinski definition) is 4. The van der Waals surface area contributed by atoms with Crippen LogP contribution in [0.1, 0.15) is 11.1 Å². The van der Waals surface area contributed by atoms with Crippen molar-refractivity contribution in [1.82, 2.24) is 9.38 Å². The van der Waals surface area contributed by atoms with Crippen molar-refractivity contribution in [2.75, 3.05) is 25.1 Å². The van der Waals surface area contributed by atoms with Crippen LogP contribution in [0, 0.1) is 18.3 Å². The number of imidazole rings is 1. The molecule has 3 aromatic rings. The van der Waals surface area contributed by atoms with Gasteiger partial charge in [-0.15, -0.1) is 0 Å². The normalized spacial score (nSPS) is 11.0. The van der Waals surface area contributed by atoms with Crippen LogP contribution in [0.15, 0.2) is 30.3 Å². The maximum Gasteiger partial charge on any atom is 0.157 e. The van der Waals surface area contributed by atoms with Gasteiger partial charge in [-0.2, -0.15) is 5.26 Å². The maximum atomic E-state index is 9.42. The number of aryl methyl sites for hydroxylation is 1. The third kappa shape index (κ3) is 2.01. The lowest BCUT2D eigenvalue weighted by atomic mass is 10.1. The van der Waals surface area contributed by atoms with E-state index in [0.717, 1.165) is 22.4 Å². The van der Waals surface area contributed by atoms with Crippen molar-refractivity contribution < 1.29 is 5.11 Å². The van der Waals surface area contributed by atoms with Crippen molar-refractivity contribution in [3.63, 3.8) is 0 Å². The number of nitriles is 1. The fraction of sp³-hybridized carbons (Fsp3) is 0.250. The summed E-state index contributed by atoms with van der Waals surface area (Å²) in [6.07, 6.45) is 0. The number of aliphatic hydroxyl groups excluding tert-OH is 1. The molecule has 0 radical (unpaired) electrons. The Labute approximate surface area is 122 Å². The highest BCUT2D eigenvalue weighted by atomic mass is 16.3. The third-order valence-corrected chi connectivity index (χ3v) is 3.69. The third-order valence-electron chi connectivity index (χ3n) is 3.69. The SMILES string of the molecule is Cc1cc(N(C)CCO)n2c(nc3ccccc32)c1C#N. The lowest BCUT2D eigenvalue weighted by Crippen LogP contribution is -2.23. The van der Waals surface area contributed by atoms with E-state index in [1.54, 1.807) is 0 Å². The zero-order valence-electron chi connectivity index (χ0n) is 12.0. The standard InChI is InChI=1S/C16H16N4O/c1-11-9-15(19(2)7-8-21)20-14-6-4-3-5-13(14)18-16(20)12(11)10-17/h3-6,9,21H,7-8H2,1-2H3. The van der Waals surface area contributed by atoms with Gasteiger partial charge in [-0.25, -0.2) is 4.98 Å². The molecule has 1 aromatic carbocycles. The monoisotopic (exact) mass is 280 g/mol. The molecule has 0 aliphatic heterocycles. The molecule has 0 bridgehead atoms. The summed E-state index contributed by atoms with van der Waals surface area (Å²) >= 11 is 0. The number of aliphatic hydroxyl groups is 1. The van der Waals surface area contributed by atoms with E-state index in [1.165, 1.54) is 0 Å². The van der Waals surface area contributed by atoms with Gasteiger partial charge in [-0.3, -0.25) is 4.40 Å². The van der Waals surface area contributed by atoms with E-state index < -0.39 is 0 Å². The van der Waals surface area contributed by atoms with E-state index in [1.807, 2.05) is 53.6 Å². The summed E-state index contributed by atoms with van der Waals surface area (Å²) in [5, 5.41) is 18.6. The van der Waals surface area contributed by atoms with Crippen LogP contribution >= 0.6 is 0 Å². The number of likely N-dealkylation sites (N-methyl/N-ethyl adjacent to an activating group) is 1. The molecule has 0 fully saturated rings. The van der Waals surface area contributed by atoms with E-state index in [2.05, 4.69) is 11.1 Å². The molecule has 5 heteroatoms. The summed E-state index contributed by atoms with van der Waals surface area (Å²) < 4.78 is 1.98. The predicted molar refractivity (Wildman–Crippen MR) is 82.5 cm³/mol. The molecule has 3 rings (SSSR count). The smallest absolute Gasteiger partial charge is 0.157 e. The minimum atomic E-state index is 0.0731. The second-order valence-electron chi connectivity index (χ2n) is 5.08. The van der Waals surface area contributed by atoms with Crippen molar-refractivity contribution >= 4 is 22.5 Å². The Kier molecular flexibility index (Phi) is 3.24. The van der Waals surface area contributed by atoms with Gasteiger partial charge in [0.2, 0.25) is 0 Å². The average Bonchev–Trinajstić information content (AvgIpc) is 2.85. The first-order valence-corrected chi connectivity index (χ1v) is 6.80. The second kappa shape index (κ2) is 5.08. The van der Waals surface area contributed by atoms with E-state index >= 15 is 0 Å². The van der Waals surface area contributed by atoms with Gasteiger partial charge in [0.05, 0.1) is 23.2 Å². The average molecular weight is 280 g/mol. The van der Waals surface area contributed by atoms with Crippen molar-refractivity contribution in [3.8, 4) is 6.07 Å². The molecule has 0 aliphatic rings. The minimum absolute atomic E-state index is 0.0731. The molecule has 0 atom stereocenters. The number of hydrogen-bond donors (Lipinski definition) is 1. The van der Waals surface area contributed by atoms with Crippen LogP contribution in [0.4, 0.5) is 5.82 Å². The summed E-state index contributed by atoms with van der Waals surface area (Å²) in [5.74, 6) is 0.921. The van der Waals surface area contributed by atoms with Gasteiger partial charge in [0.1, 0.15) is 11.9 Å². The maximum absolute atomic E-state index is 9.42. The molecule has 2 aromatic heterocycles. The Bertz CT molecular complexity index is 860. The first-order chi connectivity index (χ1) is 10.2. The summed E-state index contributed by atoms with van der Waals surface area (Å²) in [4.78, 5) is 6.57. The van der Waals surface area contributed by atoms with Crippen molar-refractivity contribution in [3.05, 3.63) is 41.5 Å². The van der Waals surface area contributed by atoms with Crippen LogP contribution in [0.5, 0.6) is 0 Å². The molecule has 0 saturated heterocycles. The number of benzene rings is 1. The van der Waals surface area contributed by atoms with Crippen molar-refractivity contribution in [2.24, 2.45) is 0 Å². The molecule has 0 saturated carbocycles. The molecular weight excluding hydrogens is 264 g/mol. The molecule has 21 heavy (non-hydrogen) atoms. The largest absolute Gasteiger partial charge is 0.395 e. The Balaban J connectivity index is 2.45. The molecule has 0 aliphatic carbocycles. The Hall–Kier alpha value is -2.58. The quantitative estimate of drug-likeness (QED) is 0.798. The van der Waals surface area contributed by atoms with Gasteiger partial charge in [0, 0.05) is 13.6 Å². The van der Waals surface area contributed by atoms with Crippen LogP contribution in [0.25, 0.3) is 16.7 Å². The van der Waals surface area contributed by atoms with Crippen molar-refractivity contribution in [2.45, 2.75) is 6.92 Å². The van der Waals surface area contributed by atoms with Gasteiger partial charge in [0.15, 0.2) is 5.65 Å². The minimum Gasteiger partial charge on any atom is -0.395 e. The highest BCUT2D eigenvalue weighted by Crippen LogP contribution is 2.27. The number of aromatic nitrogens is 2. The molecule has 0 spiro atoms. The zero-order chi connectivity index (χ0) is 15.0. The number of rotatable bonds is 3. The molecule has 0 unspecified atom stereocenters. The van der Waals surface area contributed by atoms with E-state index in [-0.39, 0.29) is 6.61 Å². The first-order valence-electron chi connectivity index (χ1n) is 6.80. The molecule has 5 nitrogen and oxygen atoms in total. The predicted octanol–water partition coefficient (Wildman–Crippen LogP) is 2.10. The number of para-hydroxylation sites is 2. The van der Waals surface area contributed by atoms with Crippen LogP contribution < -0.4 is 4.90 Å². The van der Waals surface area contributed by atoms with Crippen LogP contribution in [-0.2, 0) is 0 Å². The lowest BCUT2D eigenvalue weighted by molar-refractivity contribution is 0.304. The molecular formula is C16H16N4O. The summed E-state index contributed by atoms with van der Waals surface area (Å²) in [6, 6.07) is 12.0. The highest BCUT2D eigenvalue weighted by Gasteiger charge is 2.16. The summed E-state index contributed by atoms with van der Waals surface area (Å²) in [5.41, 5.74) is 3.97. The molecule has 106 valence electrons. The van der Waals surface area contributed by atoms with E-state index in [4.69, 9.17) is 0 Å². The summed E-state index contributed by atoms with van der Waals surface area (Å²) in [7, 11) is 1.92. The van der Waals surface area contributed by atoms with Gasteiger partial charge >= 0.3 is 0 Å². The van der Waals surface area contributed by atoms with Gasteiger partial charge in [-0.05, 0) is 30.7 Å². The Morgan fingerprint density at radius 1 is 1.38 bits per heavy atom. The molecule has 2 heterocycles. The van der Waals surface area contributed by atoms with Crippen molar-refractivity contribution in [1.29, 1.82) is 5.26 Å².